The summed E-state index contributed by atoms with van der Waals surface area (Å²) < 4.78 is 24.2. The minimum Gasteiger partial charge on any atom is -0.494 e. The molecule has 1 atom stereocenters. The van der Waals surface area contributed by atoms with Crippen LogP contribution in [0.3, 0.4) is 0 Å². The number of nitrogens with zero attached hydrogens (tertiary/aromatic N) is 4. The first-order valence-electron chi connectivity index (χ1n) is 9.17. The molecule has 1 fully saturated rings. The van der Waals surface area contributed by atoms with Gasteiger partial charge in [0.2, 0.25) is 5.91 Å². The number of carbonyl (C=O) groups is 2. The molecule has 0 saturated carbocycles. The van der Waals surface area contributed by atoms with Crippen molar-refractivity contribution in [3.05, 3.63) is 41.3 Å². The Morgan fingerprint density at radius 1 is 1.36 bits per heavy atom. The maximum atomic E-state index is 14.0. The van der Waals surface area contributed by atoms with Gasteiger partial charge in [0.15, 0.2) is 17.4 Å². The standard InChI is InChI=1S/C19H23FN4O4/c1-4-17(25)24-9-5-8-23(11-15(24)18-21-12(2)22-28-18)19(26)13-6-7-16(27-3)14(20)10-13/h6-7,10,15H,4-5,8-9,11H2,1-3H3. The van der Waals surface area contributed by atoms with Gasteiger partial charge in [0.1, 0.15) is 6.04 Å². The van der Waals surface area contributed by atoms with E-state index in [1.165, 1.54) is 19.2 Å². The average Bonchev–Trinajstić information content (AvgIpc) is 3.00. The molecule has 8 nitrogen and oxygen atoms in total. The second-order valence-electron chi connectivity index (χ2n) is 6.59. The minimum atomic E-state index is -0.602. The van der Waals surface area contributed by atoms with Crippen molar-refractivity contribution >= 4 is 11.8 Å². The number of aromatic nitrogens is 2. The number of halogens is 1. The van der Waals surface area contributed by atoms with E-state index in [1.807, 2.05) is 0 Å². The predicted molar refractivity (Wildman–Crippen MR) is 97.3 cm³/mol. The van der Waals surface area contributed by atoms with E-state index in [2.05, 4.69) is 10.1 Å². The SMILES string of the molecule is CCC(=O)N1CCCN(C(=O)c2ccc(OC)c(F)c2)CC1c1nc(C)no1. The first-order valence-corrected chi connectivity index (χ1v) is 9.17. The molecule has 1 aromatic carbocycles. The monoisotopic (exact) mass is 390 g/mol. The number of aryl methyl sites for hydroxylation is 1. The molecule has 2 heterocycles. The molecule has 0 radical (unpaired) electrons. The Balaban J connectivity index is 1.89. The summed E-state index contributed by atoms with van der Waals surface area (Å²) in [6.45, 7) is 4.58. The van der Waals surface area contributed by atoms with Crippen molar-refractivity contribution in [1.29, 1.82) is 0 Å². The van der Waals surface area contributed by atoms with E-state index in [9.17, 15) is 14.0 Å². The molecule has 0 spiro atoms. The summed E-state index contributed by atoms with van der Waals surface area (Å²) in [5.41, 5.74) is 0.217. The fourth-order valence-corrected chi connectivity index (χ4v) is 3.31. The van der Waals surface area contributed by atoms with Crippen molar-refractivity contribution in [2.75, 3.05) is 26.7 Å². The molecule has 2 aromatic rings. The Bertz CT molecular complexity index is 869. The largest absolute Gasteiger partial charge is 0.494 e. The predicted octanol–water partition coefficient (Wildman–Crippen LogP) is 2.35. The maximum absolute atomic E-state index is 14.0. The Morgan fingerprint density at radius 3 is 2.75 bits per heavy atom. The average molecular weight is 390 g/mol. The number of benzene rings is 1. The minimum absolute atomic E-state index is 0.0503. The van der Waals surface area contributed by atoms with Crippen molar-refractivity contribution in [3.8, 4) is 5.75 Å². The normalized spacial score (nSPS) is 17.4. The molecular weight excluding hydrogens is 367 g/mol. The number of hydrogen-bond donors (Lipinski definition) is 0. The molecular formula is C19H23FN4O4. The van der Waals surface area contributed by atoms with Gasteiger partial charge in [-0.05, 0) is 31.5 Å². The van der Waals surface area contributed by atoms with Crippen molar-refractivity contribution in [3.63, 3.8) is 0 Å². The van der Waals surface area contributed by atoms with Gasteiger partial charge in [-0.3, -0.25) is 9.59 Å². The molecule has 1 aliphatic rings. The van der Waals surface area contributed by atoms with Crippen molar-refractivity contribution < 1.29 is 23.2 Å². The summed E-state index contributed by atoms with van der Waals surface area (Å²) >= 11 is 0. The molecule has 1 unspecified atom stereocenters. The molecule has 1 aliphatic heterocycles. The van der Waals surface area contributed by atoms with Crippen LogP contribution in [-0.4, -0.2) is 58.5 Å². The molecule has 150 valence electrons. The Hall–Kier alpha value is -2.97. The van der Waals surface area contributed by atoms with Gasteiger partial charge in [0.05, 0.1) is 13.7 Å². The zero-order valence-electron chi connectivity index (χ0n) is 16.1. The summed E-state index contributed by atoms with van der Waals surface area (Å²) in [6, 6.07) is 3.57. The quantitative estimate of drug-likeness (QED) is 0.796. The number of methoxy groups -OCH3 is 1. The molecule has 2 amide bonds. The van der Waals surface area contributed by atoms with Gasteiger partial charge < -0.3 is 19.1 Å². The van der Waals surface area contributed by atoms with E-state index >= 15 is 0 Å². The van der Waals surface area contributed by atoms with Crippen molar-refractivity contribution in [1.82, 2.24) is 19.9 Å². The van der Waals surface area contributed by atoms with E-state index in [4.69, 9.17) is 9.26 Å². The van der Waals surface area contributed by atoms with E-state index in [-0.39, 0.29) is 29.7 Å². The highest BCUT2D eigenvalue weighted by Gasteiger charge is 2.34. The summed E-state index contributed by atoms with van der Waals surface area (Å²) in [7, 11) is 1.37. The highest BCUT2D eigenvalue weighted by atomic mass is 19.1. The second kappa shape index (κ2) is 8.37. The lowest BCUT2D eigenvalue weighted by atomic mass is 10.1. The van der Waals surface area contributed by atoms with Gasteiger partial charge in [0, 0.05) is 25.1 Å². The van der Waals surface area contributed by atoms with Gasteiger partial charge >= 0.3 is 0 Å². The summed E-state index contributed by atoms with van der Waals surface area (Å²) in [4.78, 5) is 32.9. The first-order chi connectivity index (χ1) is 13.4. The molecule has 28 heavy (non-hydrogen) atoms. The second-order valence-corrected chi connectivity index (χ2v) is 6.59. The van der Waals surface area contributed by atoms with Gasteiger partial charge in [-0.15, -0.1) is 0 Å². The molecule has 0 bridgehead atoms. The van der Waals surface area contributed by atoms with Gasteiger partial charge in [-0.2, -0.15) is 4.98 Å². The smallest absolute Gasteiger partial charge is 0.254 e. The number of amides is 2. The lowest BCUT2D eigenvalue weighted by molar-refractivity contribution is -0.133. The highest BCUT2D eigenvalue weighted by Crippen LogP contribution is 2.26. The van der Waals surface area contributed by atoms with E-state index in [0.717, 1.165) is 6.07 Å². The van der Waals surface area contributed by atoms with Crippen LogP contribution in [0, 0.1) is 12.7 Å². The van der Waals surface area contributed by atoms with Crippen LogP contribution in [-0.2, 0) is 4.79 Å². The summed E-state index contributed by atoms with van der Waals surface area (Å²) in [5, 5.41) is 3.81. The lowest BCUT2D eigenvalue weighted by Gasteiger charge is -2.29. The first kappa shape index (κ1) is 19.8. The zero-order valence-corrected chi connectivity index (χ0v) is 16.1. The third kappa shape index (κ3) is 3.97. The number of rotatable bonds is 4. The molecule has 3 rings (SSSR count). The third-order valence-electron chi connectivity index (χ3n) is 4.73. The molecule has 1 saturated heterocycles. The number of carbonyl (C=O) groups excluding carboxylic acids is 2. The number of ether oxygens (including phenoxy) is 1. The van der Waals surface area contributed by atoms with Crippen LogP contribution in [0.1, 0.15) is 47.9 Å². The van der Waals surface area contributed by atoms with Crippen LogP contribution >= 0.6 is 0 Å². The highest BCUT2D eigenvalue weighted by molar-refractivity contribution is 5.94. The Morgan fingerprint density at radius 2 is 2.14 bits per heavy atom. The van der Waals surface area contributed by atoms with Gasteiger partial charge in [0.25, 0.3) is 11.8 Å². The van der Waals surface area contributed by atoms with Crippen molar-refractivity contribution in [2.24, 2.45) is 0 Å². The lowest BCUT2D eigenvalue weighted by Crippen LogP contribution is -2.40. The topological polar surface area (TPSA) is 88.8 Å². The zero-order chi connectivity index (χ0) is 20.3. The molecule has 1 aromatic heterocycles. The molecule has 9 heteroatoms. The molecule has 0 N–H and O–H groups in total. The van der Waals surface area contributed by atoms with E-state index in [1.54, 1.807) is 23.6 Å². The maximum Gasteiger partial charge on any atom is 0.254 e. The fraction of sp³-hybridized carbons (Fsp3) is 0.474. The van der Waals surface area contributed by atoms with Crippen LogP contribution in [0.4, 0.5) is 4.39 Å². The van der Waals surface area contributed by atoms with E-state index < -0.39 is 11.9 Å². The van der Waals surface area contributed by atoms with Crippen LogP contribution in [0.5, 0.6) is 5.75 Å². The van der Waals surface area contributed by atoms with Gasteiger partial charge in [-0.25, -0.2) is 4.39 Å². The van der Waals surface area contributed by atoms with E-state index in [0.29, 0.717) is 37.6 Å². The Kier molecular flexibility index (Phi) is 5.91. The van der Waals surface area contributed by atoms with Crippen LogP contribution in [0.25, 0.3) is 0 Å². The van der Waals surface area contributed by atoms with Crippen LogP contribution in [0.15, 0.2) is 22.7 Å². The number of hydrogen-bond acceptors (Lipinski definition) is 6. The summed E-state index contributed by atoms with van der Waals surface area (Å²) in [5.74, 6) is -0.154. The van der Waals surface area contributed by atoms with Crippen LogP contribution < -0.4 is 4.74 Å². The third-order valence-corrected chi connectivity index (χ3v) is 4.73. The van der Waals surface area contributed by atoms with Crippen molar-refractivity contribution in [2.45, 2.75) is 32.7 Å². The van der Waals surface area contributed by atoms with Crippen LogP contribution in [0.2, 0.25) is 0 Å². The fourth-order valence-electron chi connectivity index (χ4n) is 3.31. The van der Waals surface area contributed by atoms with Gasteiger partial charge in [-0.1, -0.05) is 12.1 Å². The molecule has 0 aliphatic carbocycles. The Labute approximate surface area is 162 Å². The summed E-state index contributed by atoms with van der Waals surface area (Å²) in [6.07, 6.45) is 0.932.